The predicted molar refractivity (Wildman–Crippen MR) is 58.8 cm³/mol. The average Bonchev–Trinajstić information content (AvgIpc) is 2.08. The Morgan fingerprint density at radius 1 is 0.944 bits per heavy atom. The van der Waals surface area contributed by atoms with Gasteiger partial charge in [-0.1, -0.05) is 6.42 Å². The standard InChI is InChI=1S/C6H17NO7P2.2Na.2H/c7-5-3-1-2-4-6(8,15(9,10)11)16(12,13)14;;;;/h8H,1-5,7H2,(H2,9,10,11)(H2,12,13,14);;;;/q;2*+1;2*-1. The van der Waals surface area contributed by atoms with E-state index in [2.05, 4.69) is 0 Å². The first-order valence-electron chi connectivity index (χ1n) is 4.60. The van der Waals surface area contributed by atoms with Crippen molar-refractivity contribution in [2.24, 2.45) is 5.73 Å². The van der Waals surface area contributed by atoms with Gasteiger partial charge in [0.05, 0.1) is 0 Å². The Morgan fingerprint density at radius 3 is 1.61 bits per heavy atom. The van der Waals surface area contributed by atoms with Gasteiger partial charge in [-0.3, -0.25) is 9.13 Å². The third kappa shape index (κ3) is 7.29. The molecule has 0 atom stereocenters. The van der Waals surface area contributed by atoms with Gasteiger partial charge in [0, 0.05) is 0 Å². The van der Waals surface area contributed by atoms with Gasteiger partial charge >= 0.3 is 74.3 Å². The number of hydrogen-bond donors (Lipinski definition) is 6. The van der Waals surface area contributed by atoms with Gasteiger partial charge in [0.15, 0.2) is 0 Å². The maximum atomic E-state index is 10.9. The summed E-state index contributed by atoms with van der Waals surface area (Å²) in [5.74, 6) is 0. The Balaban J connectivity index is -0.000000187. The van der Waals surface area contributed by atoms with E-state index in [1.807, 2.05) is 0 Å². The minimum absolute atomic E-state index is 0. The first-order valence-corrected chi connectivity index (χ1v) is 7.82. The van der Waals surface area contributed by atoms with Crippen LogP contribution in [0, 0.1) is 0 Å². The van der Waals surface area contributed by atoms with E-state index in [1.165, 1.54) is 0 Å². The molecule has 0 heterocycles. The molecule has 0 aliphatic carbocycles. The second-order valence-electron chi connectivity index (χ2n) is 3.46. The van der Waals surface area contributed by atoms with Crippen molar-refractivity contribution >= 4 is 15.2 Å². The van der Waals surface area contributed by atoms with E-state index in [9.17, 15) is 14.2 Å². The molecule has 0 spiro atoms. The van der Waals surface area contributed by atoms with Crippen LogP contribution in [0.15, 0.2) is 0 Å². The van der Waals surface area contributed by atoms with Crippen LogP contribution >= 0.6 is 15.2 Å². The summed E-state index contributed by atoms with van der Waals surface area (Å²) >= 11 is 0. The third-order valence-electron chi connectivity index (χ3n) is 2.15. The SMILES string of the molecule is NCCCCCC(O)(P(=O)(O)O)P(=O)(O)O.[H-].[H-].[Na+].[Na+]. The summed E-state index contributed by atoms with van der Waals surface area (Å²) in [6, 6.07) is 0. The topological polar surface area (TPSA) is 161 Å². The molecule has 0 radical (unpaired) electrons. The van der Waals surface area contributed by atoms with E-state index in [4.69, 9.17) is 25.3 Å². The Hall–Kier alpha value is 2.22. The number of hydrogen-bond acceptors (Lipinski definition) is 4. The van der Waals surface area contributed by atoms with Gasteiger partial charge in [-0.2, -0.15) is 0 Å². The maximum absolute atomic E-state index is 10.9. The monoisotopic (exact) mass is 325 g/mol. The molecule has 0 amide bonds. The quantitative estimate of drug-likeness (QED) is 0.153. The predicted octanol–water partition coefficient (Wildman–Crippen LogP) is -6.26. The van der Waals surface area contributed by atoms with E-state index in [1.54, 1.807) is 0 Å². The molecule has 0 rings (SSSR count). The van der Waals surface area contributed by atoms with Crippen molar-refractivity contribution < 1.29 is 95.8 Å². The second-order valence-corrected chi connectivity index (χ2v) is 7.47. The summed E-state index contributed by atoms with van der Waals surface area (Å²) in [4.78, 5) is 35.1. The zero-order chi connectivity index (χ0) is 13.0. The molecule has 0 saturated carbocycles. The zero-order valence-corrected chi connectivity index (χ0v) is 16.3. The molecule has 0 aliphatic rings. The smallest absolute Gasteiger partial charge is 1.00 e. The van der Waals surface area contributed by atoms with Crippen LogP contribution in [-0.4, -0.2) is 36.3 Å². The van der Waals surface area contributed by atoms with Crippen molar-refractivity contribution in [3.05, 3.63) is 0 Å². The fraction of sp³-hybridized carbons (Fsp3) is 1.00. The third-order valence-corrected chi connectivity index (χ3v) is 6.03. The van der Waals surface area contributed by atoms with Crippen molar-refractivity contribution in [2.75, 3.05) is 6.54 Å². The van der Waals surface area contributed by atoms with Crippen LogP contribution in [0.1, 0.15) is 28.5 Å². The molecule has 8 nitrogen and oxygen atoms in total. The van der Waals surface area contributed by atoms with E-state index in [0.717, 1.165) is 0 Å². The van der Waals surface area contributed by atoms with Crippen molar-refractivity contribution in [1.82, 2.24) is 0 Å². The Bertz CT molecular complexity index is 304. The van der Waals surface area contributed by atoms with Crippen LogP contribution in [0.5, 0.6) is 0 Å². The molecule has 0 aromatic heterocycles. The van der Waals surface area contributed by atoms with Crippen LogP contribution in [0.2, 0.25) is 0 Å². The van der Waals surface area contributed by atoms with Crippen molar-refractivity contribution in [1.29, 1.82) is 0 Å². The Morgan fingerprint density at radius 2 is 1.33 bits per heavy atom. The summed E-state index contributed by atoms with van der Waals surface area (Å²) in [5, 5.41) is 6.14. The first kappa shape index (κ1) is 25.2. The molecular weight excluding hydrogens is 306 g/mol. The van der Waals surface area contributed by atoms with Gasteiger partial charge in [0.25, 0.3) is 5.08 Å². The van der Waals surface area contributed by atoms with Crippen LogP contribution in [0.4, 0.5) is 0 Å². The van der Waals surface area contributed by atoms with Crippen molar-refractivity contribution in [3.63, 3.8) is 0 Å². The average molecular weight is 325 g/mol. The number of rotatable bonds is 7. The molecule has 0 fully saturated rings. The zero-order valence-electron chi connectivity index (χ0n) is 12.6. The normalized spacial score (nSPS) is 12.6. The van der Waals surface area contributed by atoms with Crippen LogP contribution in [-0.2, 0) is 9.13 Å². The first-order chi connectivity index (χ1) is 7.06. The van der Waals surface area contributed by atoms with Gasteiger partial charge in [-0.05, 0) is 25.8 Å². The molecule has 0 aromatic rings. The van der Waals surface area contributed by atoms with Gasteiger partial charge < -0.3 is 33.3 Å². The Kier molecular flexibility index (Phi) is 14.0. The number of unbranched alkanes of at least 4 members (excludes halogenated alkanes) is 2. The molecule has 0 saturated heterocycles. The molecule has 0 aromatic carbocycles. The van der Waals surface area contributed by atoms with E-state index < -0.39 is 26.7 Å². The molecule has 0 bridgehead atoms. The fourth-order valence-electron chi connectivity index (χ4n) is 1.14. The van der Waals surface area contributed by atoms with Crippen molar-refractivity contribution in [3.8, 4) is 0 Å². The van der Waals surface area contributed by atoms with Gasteiger partial charge in [-0.15, -0.1) is 0 Å². The van der Waals surface area contributed by atoms with Crippen LogP contribution < -0.4 is 64.8 Å². The van der Waals surface area contributed by atoms with Gasteiger partial charge in [-0.25, -0.2) is 0 Å². The summed E-state index contributed by atoms with van der Waals surface area (Å²) in [5.41, 5.74) is 5.18. The largest absolute Gasteiger partial charge is 1.00 e. The van der Waals surface area contributed by atoms with E-state index >= 15 is 0 Å². The molecule has 0 aliphatic heterocycles. The van der Waals surface area contributed by atoms with Crippen LogP contribution in [0.25, 0.3) is 0 Å². The second kappa shape index (κ2) is 10.0. The van der Waals surface area contributed by atoms with Crippen molar-refractivity contribution in [2.45, 2.75) is 30.8 Å². The van der Waals surface area contributed by atoms with E-state index in [-0.39, 0.29) is 68.4 Å². The fourth-order valence-corrected chi connectivity index (χ4v) is 3.40. The van der Waals surface area contributed by atoms with Gasteiger partial charge in [0.2, 0.25) is 0 Å². The maximum Gasteiger partial charge on any atom is 1.00 e. The summed E-state index contributed by atoms with van der Waals surface area (Å²) < 4.78 is 21.8. The molecule has 7 N–H and O–H groups in total. The molecule has 0 unspecified atom stereocenters. The summed E-state index contributed by atoms with van der Waals surface area (Å²) in [7, 11) is -10.6. The summed E-state index contributed by atoms with van der Waals surface area (Å²) in [6.07, 6.45) is 0.392. The number of aliphatic hydroxyl groups is 1. The molecule has 102 valence electrons. The summed E-state index contributed by atoms with van der Waals surface area (Å²) in [6.45, 7) is 0.365. The molecule has 12 heteroatoms. The van der Waals surface area contributed by atoms with E-state index in [0.29, 0.717) is 19.4 Å². The minimum atomic E-state index is -5.30. The number of nitrogens with two attached hydrogens (primary N) is 1. The Labute approximate surface area is 153 Å². The van der Waals surface area contributed by atoms with Gasteiger partial charge in [0.1, 0.15) is 0 Å². The molecular formula is C6H19NNa2O7P2. The minimum Gasteiger partial charge on any atom is -1.00 e. The van der Waals surface area contributed by atoms with Crippen LogP contribution in [0.3, 0.4) is 0 Å². The molecule has 18 heavy (non-hydrogen) atoms.